The van der Waals surface area contributed by atoms with Gasteiger partial charge >= 0.3 is 0 Å². The zero-order chi connectivity index (χ0) is 16.9. The van der Waals surface area contributed by atoms with Crippen LogP contribution in [-0.2, 0) is 4.79 Å². The van der Waals surface area contributed by atoms with Gasteiger partial charge in [-0.15, -0.1) is 11.8 Å². The van der Waals surface area contributed by atoms with Crippen LogP contribution in [0.15, 0.2) is 53.4 Å². The topological polar surface area (TPSA) is 77.2 Å². The fourth-order valence-electron chi connectivity index (χ4n) is 2.35. The molecule has 2 aromatic rings. The van der Waals surface area contributed by atoms with Crippen molar-refractivity contribution in [1.29, 1.82) is 0 Å². The number of hydrogen-bond donors (Lipinski definition) is 5. The Hall–Kier alpha value is -1.77. The van der Waals surface area contributed by atoms with Crippen LogP contribution in [0.2, 0.25) is 5.02 Å². The smallest absolute Gasteiger partial charge is 0.246 e. The number of nitrogens with one attached hydrogen (secondary N) is 5. The third-order valence-electron chi connectivity index (χ3n) is 3.57. The van der Waals surface area contributed by atoms with E-state index in [0.29, 0.717) is 5.02 Å². The van der Waals surface area contributed by atoms with Crippen LogP contribution in [0.3, 0.4) is 0 Å². The van der Waals surface area contributed by atoms with E-state index in [-0.39, 0.29) is 12.1 Å². The first-order valence-corrected chi connectivity index (χ1v) is 8.99. The lowest BCUT2D eigenvalue weighted by molar-refractivity contribution is -0.118. The van der Waals surface area contributed by atoms with Crippen molar-refractivity contribution in [3.8, 4) is 0 Å². The summed E-state index contributed by atoms with van der Waals surface area (Å²) >= 11 is 7.52. The maximum absolute atomic E-state index is 12.5. The van der Waals surface area contributed by atoms with Crippen molar-refractivity contribution in [3.63, 3.8) is 0 Å². The molecule has 1 fully saturated rings. The van der Waals surface area contributed by atoms with Gasteiger partial charge in [0, 0.05) is 21.3 Å². The lowest BCUT2D eigenvalue weighted by Crippen LogP contribution is -2.47. The number of anilines is 2. The maximum atomic E-state index is 12.5. The van der Waals surface area contributed by atoms with Gasteiger partial charge < -0.3 is 10.6 Å². The Balaban J connectivity index is 1.65. The Morgan fingerprint density at radius 3 is 2.67 bits per heavy atom. The summed E-state index contributed by atoms with van der Waals surface area (Å²) in [6, 6.07) is 14.6. The lowest BCUT2D eigenvalue weighted by atomic mass is 10.2. The molecule has 2 unspecified atom stereocenters. The second-order valence-corrected chi connectivity index (χ2v) is 6.56. The van der Waals surface area contributed by atoms with Gasteiger partial charge in [-0.05, 0) is 48.7 Å². The third kappa shape index (κ3) is 4.19. The van der Waals surface area contributed by atoms with Crippen molar-refractivity contribution in [1.82, 2.24) is 16.4 Å². The molecule has 126 valence electrons. The summed E-state index contributed by atoms with van der Waals surface area (Å²) in [5.74, 6) is -0.141. The molecule has 0 saturated carbocycles. The number of amides is 1. The first kappa shape index (κ1) is 17.1. The fraction of sp³-hybridized carbons (Fsp3) is 0.188. The Labute approximate surface area is 149 Å². The second-order valence-electron chi connectivity index (χ2n) is 5.24. The molecule has 0 radical (unpaired) electrons. The summed E-state index contributed by atoms with van der Waals surface area (Å²) in [5.41, 5.74) is 10.3. The minimum atomic E-state index is -0.487. The Bertz CT molecular complexity index is 712. The molecule has 1 heterocycles. The Morgan fingerprint density at radius 1 is 1.12 bits per heavy atom. The van der Waals surface area contributed by atoms with Gasteiger partial charge in [0.15, 0.2) is 0 Å². The predicted octanol–water partition coefficient (Wildman–Crippen LogP) is 2.42. The molecule has 8 heteroatoms. The highest BCUT2D eigenvalue weighted by Crippen LogP contribution is 2.20. The average molecular weight is 364 g/mol. The molecule has 2 aromatic carbocycles. The van der Waals surface area contributed by atoms with Crippen molar-refractivity contribution < 1.29 is 4.79 Å². The summed E-state index contributed by atoms with van der Waals surface area (Å²) in [6.07, 6.45) is 1.69. The number of hydrazine groups is 2. The average Bonchev–Trinajstić information content (AvgIpc) is 3.05. The number of thioether (sulfide) groups is 1. The monoisotopic (exact) mass is 363 g/mol. The summed E-state index contributed by atoms with van der Waals surface area (Å²) in [4.78, 5) is 13.6. The van der Waals surface area contributed by atoms with Crippen LogP contribution in [0.4, 0.5) is 11.4 Å². The highest BCUT2D eigenvalue weighted by molar-refractivity contribution is 7.98. The minimum Gasteiger partial charge on any atom is -0.367 e. The van der Waals surface area contributed by atoms with Crippen LogP contribution in [0.1, 0.15) is 0 Å². The first-order chi connectivity index (χ1) is 11.7. The third-order valence-corrected chi connectivity index (χ3v) is 4.55. The molecule has 1 aliphatic heterocycles. The molecule has 3 rings (SSSR count). The quantitative estimate of drug-likeness (QED) is 0.525. The molecule has 0 aliphatic carbocycles. The van der Waals surface area contributed by atoms with E-state index in [1.807, 2.05) is 42.7 Å². The zero-order valence-electron chi connectivity index (χ0n) is 13.0. The van der Waals surface area contributed by atoms with Crippen LogP contribution < -0.4 is 27.0 Å². The van der Waals surface area contributed by atoms with E-state index >= 15 is 0 Å². The predicted molar refractivity (Wildman–Crippen MR) is 98.9 cm³/mol. The van der Waals surface area contributed by atoms with E-state index in [0.717, 1.165) is 16.3 Å². The van der Waals surface area contributed by atoms with E-state index in [4.69, 9.17) is 11.6 Å². The van der Waals surface area contributed by atoms with Crippen molar-refractivity contribution in [2.75, 3.05) is 16.9 Å². The van der Waals surface area contributed by atoms with E-state index < -0.39 is 6.04 Å². The van der Waals surface area contributed by atoms with E-state index in [1.54, 1.807) is 23.9 Å². The summed E-state index contributed by atoms with van der Waals surface area (Å²) < 4.78 is 0. The molecule has 1 aliphatic rings. The summed E-state index contributed by atoms with van der Waals surface area (Å²) in [7, 11) is 0. The van der Waals surface area contributed by atoms with Crippen LogP contribution in [0.25, 0.3) is 0 Å². The Morgan fingerprint density at radius 2 is 1.92 bits per heavy atom. The van der Waals surface area contributed by atoms with Crippen LogP contribution in [0.5, 0.6) is 0 Å². The minimum absolute atomic E-state index is 0.141. The van der Waals surface area contributed by atoms with Crippen LogP contribution >= 0.6 is 23.4 Å². The SMILES string of the molecule is CSc1cccc(NC(=O)C2NNNC2Nc2ccc(Cl)cc2)c1. The Kier molecular flexibility index (Phi) is 5.60. The van der Waals surface area contributed by atoms with Gasteiger partial charge in [-0.1, -0.05) is 17.7 Å². The number of benzene rings is 2. The van der Waals surface area contributed by atoms with Gasteiger partial charge in [0.25, 0.3) is 0 Å². The number of rotatable bonds is 5. The number of carbonyl (C=O) groups is 1. The number of halogens is 1. The van der Waals surface area contributed by atoms with E-state index in [9.17, 15) is 4.79 Å². The summed E-state index contributed by atoms with van der Waals surface area (Å²) in [5, 5.41) is 6.84. The highest BCUT2D eigenvalue weighted by Gasteiger charge is 2.32. The van der Waals surface area contributed by atoms with Crippen LogP contribution in [0, 0.1) is 0 Å². The van der Waals surface area contributed by atoms with Gasteiger partial charge in [0.1, 0.15) is 12.2 Å². The van der Waals surface area contributed by atoms with Gasteiger partial charge in [0.05, 0.1) is 0 Å². The molecule has 24 heavy (non-hydrogen) atoms. The molecular formula is C16H18ClN5OS. The van der Waals surface area contributed by atoms with Crippen molar-refractivity contribution >= 4 is 40.6 Å². The molecule has 1 saturated heterocycles. The van der Waals surface area contributed by atoms with Gasteiger partial charge in [-0.2, -0.15) is 5.53 Å². The van der Waals surface area contributed by atoms with E-state index in [2.05, 4.69) is 27.0 Å². The standard InChI is InChI=1S/C16H18ClN5OS/c1-24-13-4-2-3-12(9-13)19-16(23)14-15(21-22-20-14)18-11-7-5-10(17)6-8-11/h2-9,14-15,18,20-22H,1H3,(H,19,23). The summed E-state index contributed by atoms with van der Waals surface area (Å²) in [6.45, 7) is 0. The molecule has 0 bridgehead atoms. The van der Waals surface area contributed by atoms with E-state index in [1.165, 1.54) is 0 Å². The largest absolute Gasteiger partial charge is 0.367 e. The second kappa shape index (κ2) is 7.87. The molecule has 1 amide bonds. The van der Waals surface area contributed by atoms with Crippen LogP contribution in [-0.4, -0.2) is 24.4 Å². The molecule has 0 spiro atoms. The van der Waals surface area contributed by atoms with Crippen molar-refractivity contribution in [2.24, 2.45) is 0 Å². The first-order valence-electron chi connectivity index (χ1n) is 7.39. The lowest BCUT2D eigenvalue weighted by Gasteiger charge is -2.20. The molecular weight excluding hydrogens is 346 g/mol. The van der Waals surface area contributed by atoms with Gasteiger partial charge in [-0.25, -0.2) is 10.9 Å². The highest BCUT2D eigenvalue weighted by atomic mass is 35.5. The fourth-order valence-corrected chi connectivity index (χ4v) is 2.93. The number of carbonyl (C=O) groups excluding carboxylic acids is 1. The molecule has 0 aromatic heterocycles. The molecule has 6 nitrogen and oxygen atoms in total. The van der Waals surface area contributed by atoms with Crippen molar-refractivity contribution in [3.05, 3.63) is 53.6 Å². The normalized spacial score (nSPS) is 19.9. The van der Waals surface area contributed by atoms with Crippen molar-refractivity contribution in [2.45, 2.75) is 17.1 Å². The number of hydrogen-bond acceptors (Lipinski definition) is 6. The van der Waals surface area contributed by atoms with Gasteiger partial charge in [-0.3, -0.25) is 4.79 Å². The zero-order valence-corrected chi connectivity index (χ0v) is 14.5. The van der Waals surface area contributed by atoms with Gasteiger partial charge in [0.2, 0.25) is 5.91 Å². The molecule has 5 N–H and O–H groups in total. The maximum Gasteiger partial charge on any atom is 0.246 e. The molecule has 2 atom stereocenters.